The summed E-state index contributed by atoms with van der Waals surface area (Å²) >= 11 is 0. The number of nitrogens with zero attached hydrogens (tertiary/aromatic N) is 2. The van der Waals surface area contributed by atoms with Gasteiger partial charge in [-0.25, -0.2) is 0 Å². The first-order valence-electron chi connectivity index (χ1n) is 9.48. The van der Waals surface area contributed by atoms with Gasteiger partial charge in [-0.1, -0.05) is 24.3 Å². The largest absolute Gasteiger partial charge is 0.490 e. The highest BCUT2D eigenvalue weighted by Crippen LogP contribution is 2.24. The molecule has 2 aromatic heterocycles. The maximum absolute atomic E-state index is 5.56. The van der Waals surface area contributed by atoms with E-state index in [0.717, 1.165) is 17.0 Å². The van der Waals surface area contributed by atoms with Gasteiger partial charge >= 0.3 is 0 Å². The van der Waals surface area contributed by atoms with Crippen LogP contribution >= 0.6 is 0 Å². The maximum atomic E-state index is 5.56. The second kappa shape index (κ2) is 7.35. The molecule has 0 unspecified atom stereocenters. The summed E-state index contributed by atoms with van der Waals surface area (Å²) in [5.41, 5.74) is 7.11. The van der Waals surface area contributed by atoms with Crippen LogP contribution in [0.3, 0.4) is 0 Å². The van der Waals surface area contributed by atoms with Gasteiger partial charge in [-0.3, -0.25) is 0 Å². The number of rotatable bonds is 4. The van der Waals surface area contributed by atoms with Crippen LogP contribution in [-0.4, -0.2) is 11.7 Å². The molecule has 0 amide bonds. The lowest BCUT2D eigenvalue weighted by molar-refractivity contribution is -0.646. The van der Waals surface area contributed by atoms with E-state index in [-0.39, 0.29) is 0 Å². The average Bonchev–Trinajstić information content (AvgIpc) is 3.01. The Hall–Kier alpha value is -3.33. The Morgan fingerprint density at radius 2 is 1.68 bits per heavy atom. The topological polar surface area (TPSA) is 18.0 Å². The summed E-state index contributed by atoms with van der Waals surface area (Å²) in [5.74, 6) is 0.887. The smallest absolute Gasteiger partial charge is 0.255 e. The third-order valence-corrected chi connectivity index (χ3v) is 5.32. The van der Waals surface area contributed by atoms with Crippen molar-refractivity contribution in [3.8, 4) is 11.4 Å². The average molecular weight is 369 g/mol. The van der Waals surface area contributed by atoms with E-state index in [9.17, 15) is 0 Å². The third kappa shape index (κ3) is 3.09. The first-order chi connectivity index (χ1) is 13.6. The second-order valence-corrected chi connectivity index (χ2v) is 7.05. The van der Waals surface area contributed by atoms with Crippen molar-refractivity contribution in [2.24, 2.45) is 7.05 Å². The maximum Gasteiger partial charge on any atom is 0.255 e. The zero-order chi connectivity index (χ0) is 19.7. The van der Waals surface area contributed by atoms with E-state index in [0.29, 0.717) is 0 Å². The zero-order valence-electron chi connectivity index (χ0n) is 16.8. The monoisotopic (exact) mass is 369 g/mol. The number of ether oxygens (including phenoxy) is 1. The fourth-order valence-electron chi connectivity index (χ4n) is 3.89. The van der Waals surface area contributed by atoms with E-state index < -0.39 is 0 Å². The standard InChI is InChI=1S/C25H25N2O/c1-18-17-21(19(2)27(18)23-10-6-5-7-11-23)14-16-22-15-13-20-9-8-12-24(28-4)25(20)26(22)3/h5-17H,1-4H3/q+1. The van der Waals surface area contributed by atoms with E-state index >= 15 is 0 Å². The van der Waals surface area contributed by atoms with Crippen molar-refractivity contribution in [2.45, 2.75) is 13.8 Å². The van der Waals surface area contributed by atoms with Crippen LogP contribution in [0.1, 0.15) is 22.6 Å². The molecule has 0 fully saturated rings. The molecule has 2 heterocycles. The molecule has 4 aromatic rings. The van der Waals surface area contributed by atoms with E-state index in [2.05, 4.69) is 90.7 Å². The number of para-hydroxylation sites is 2. The number of aromatic nitrogens is 2. The molecule has 0 atom stereocenters. The fourth-order valence-corrected chi connectivity index (χ4v) is 3.89. The fraction of sp³-hybridized carbons (Fsp3) is 0.160. The summed E-state index contributed by atoms with van der Waals surface area (Å²) in [6.07, 6.45) is 4.36. The molecular weight excluding hydrogens is 344 g/mol. The molecule has 140 valence electrons. The van der Waals surface area contributed by atoms with Gasteiger partial charge in [0.05, 0.1) is 12.5 Å². The van der Waals surface area contributed by atoms with Gasteiger partial charge in [-0.05, 0) is 61.9 Å². The molecule has 0 aliphatic rings. The van der Waals surface area contributed by atoms with Gasteiger partial charge in [0.2, 0.25) is 5.69 Å². The molecule has 3 heteroatoms. The predicted molar refractivity (Wildman–Crippen MR) is 116 cm³/mol. The van der Waals surface area contributed by atoms with Crippen molar-refractivity contribution in [3.63, 3.8) is 0 Å². The molecule has 4 rings (SSSR count). The summed E-state index contributed by atoms with van der Waals surface area (Å²) < 4.78 is 10.0. The first-order valence-corrected chi connectivity index (χ1v) is 9.48. The van der Waals surface area contributed by atoms with Crippen LogP contribution < -0.4 is 9.30 Å². The molecule has 0 radical (unpaired) electrons. The van der Waals surface area contributed by atoms with Gasteiger partial charge < -0.3 is 9.30 Å². The number of hydrogen-bond acceptors (Lipinski definition) is 1. The van der Waals surface area contributed by atoms with Crippen LogP contribution in [-0.2, 0) is 7.05 Å². The summed E-state index contributed by atoms with van der Waals surface area (Å²) in [4.78, 5) is 0. The molecule has 0 bridgehead atoms. The van der Waals surface area contributed by atoms with Gasteiger partial charge in [-0.2, -0.15) is 4.57 Å². The lowest BCUT2D eigenvalue weighted by Gasteiger charge is -2.09. The Morgan fingerprint density at radius 1 is 0.893 bits per heavy atom. The van der Waals surface area contributed by atoms with Crippen molar-refractivity contribution in [1.29, 1.82) is 0 Å². The van der Waals surface area contributed by atoms with E-state index in [1.54, 1.807) is 7.11 Å². The Kier molecular flexibility index (Phi) is 4.74. The molecule has 0 aliphatic carbocycles. The van der Waals surface area contributed by atoms with Crippen molar-refractivity contribution in [1.82, 2.24) is 4.57 Å². The van der Waals surface area contributed by atoms with Crippen molar-refractivity contribution in [3.05, 3.63) is 89.4 Å². The molecule has 3 nitrogen and oxygen atoms in total. The normalized spacial score (nSPS) is 11.4. The highest BCUT2D eigenvalue weighted by Gasteiger charge is 2.15. The highest BCUT2D eigenvalue weighted by molar-refractivity contribution is 5.82. The van der Waals surface area contributed by atoms with Crippen LogP contribution in [0.25, 0.3) is 28.7 Å². The Morgan fingerprint density at radius 3 is 2.43 bits per heavy atom. The van der Waals surface area contributed by atoms with Gasteiger partial charge in [-0.15, -0.1) is 0 Å². The lowest BCUT2D eigenvalue weighted by atomic mass is 10.1. The van der Waals surface area contributed by atoms with Gasteiger partial charge in [0.1, 0.15) is 7.05 Å². The molecule has 0 aliphatic heterocycles. The minimum atomic E-state index is 0.887. The summed E-state index contributed by atoms with van der Waals surface area (Å²) in [7, 11) is 3.80. The van der Waals surface area contributed by atoms with Crippen LogP contribution in [0.4, 0.5) is 0 Å². The number of pyridine rings is 1. The number of hydrogen-bond donors (Lipinski definition) is 0. The van der Waals surface area contributed by atoms with Crippen LogP contribution in [0.15, 0.2) is 66.7 Å². The lowest BCUT2D eigenvalue weighted by Crippen LogP contribution is -2.33. The third-order valence-electron chi connectivity index (χ3n) is 5.32. The molecule has 2 aromatic carbocycles. The quantitative estimate of drug-likeness (QED) is 0.449. The molecular formula is C25H25N2O+. The van der Waals surface area contributed by atoms with E-state index in [1.807, 2.05) is 18.2 Å². The first kappa shape index (κ1) is 18.1. The van der Waals surface area contributed by atoms with Gasteiger partial charge in [0.15, 0.2) is 5.75 Å². The van der Waals surface area contributed by atoms with E-state index in [4.69, 9.17) is 4.74 Å². The molecule has 28 heavy (non-hydrogen) atoms. The number of benzene rings is 2. The molecule has 0 spiro atoms. The molecule has 0 saturated heterocycles. The van der Waals surface area contributed by atoms with Gasteiger partial charge in [0.25, 0.3) is 5.52 Å². The zero-order valence-corrected chi connectivity index (χ0v) is 16.8. The van der Waals surface area contributed by atoms with Gasteiger partial charge in [0, 0.05) is 29.2 Å². The van der Waals surface area contributed by atoms with Crippen molar-refractivity contribution in [2.75, 3.05) is 7.11 Å². The number of fused-ring (bicyclic) bond motifs is 1. The SMILES string of the molecule is COc1cccc2ccc(/C=C/c3cc(C)n(-c4ccccc4)c3C)[n+](C)c12. The summed E-state index contributed by atoms with van der Waals surface area (Å²) in [6, 6.07) is 23.1. The van der Waals surface area contributed by atoms with Crippen LogP contribution in [0.5, 0.6) is 5.75 Å². The minimum Gasteiger partial charge on any atom is -0.490 e. The Labute approximate surface area is 166 Å². The van der Waals surface area contributed by atoms with Crippen molar-refractivity contribution >= 4 is 23.1 Å². The summed E-state index contributed by atoms with van der Waals surface area (Å²) in [5, 5.41) is 1.17. The predicted octanol–water partition coefficient (Wildman–Crippen LogP) is 5.25. The highest BCUT2D eigenvalue weighted by atomic mass is 16.5. The van der Waals surface area contributed by atoms with Crippen molar-refractivity contribution < 1.29 is 9.30 Å². The minimum absolute atomic E-state index is 0.887. The van der Waals surface area contributed by atoms with E-state index in [1.165, 1.54) is 28.0 Å². The Bertz CT molecular complexity index is 1170. The number of aryl methyl sites for hydroxylation is 2. The second-order valence-electron chi connectivity index (χ2n) is 7.05. The van der Waals surface area contributed by atoms with Crippen LogP contribution in [0, 0.1) is 13.8 Å². The number of methoxy groups -OCH3 is 1. The van der Waals surface area contributed by atoms with Crippen LogP contribution in [0.2, 0.25) is 0 Å². The Balaban J connectivity index is 1.76. The summed E-state index contributed by atoms with van der Waals surface area (Å²) in [6.45, 7) is 4.32. The molecule has 0 saturated carbocycles. The molecule has 0 N–H and O–H groups in total.